The fourth-order valence-electron chi connectivity index (χ4n) is 2.57. The summed E-state index contributed by atoms with van der Waals surface area (Å²) in [5.74, 6) is -3.23. The molecule has 0 aliphatic carbocycles. The van der Waals surface area contributed by atoms with E-state index < -0.39 is 47.9 Å². The van der Waals surface area contributed by atoms with Gasteiger partial charge in [-0.05, 0) is 45.6 Å². The van der Waals surface area contributed by atoms with E-state index in [0.717, 1.165) is 0 Å². The molecule has 0 saturated heterocycles. The minimum absolute atomic E-state index is 0.0875. The molecule has 0 aliphatic heterocycles. The summed E-state index contributed by atoms with van der Waals surface area (Å²) in [4.78, 5) is 48.7. The molecule has 0 aromatic carbocycles. The molecule has 0 unspecified atom stereocenters. The highest BCUT2D eigenvalue weighted by atomic mass is 32.1. The van der Waals surface area contributed by atoms with Crippen LogP contribution in [0.4, 0.5) is 0 Å². The summed E-state index contributed by atoms with van der Waals surface area (Å²) in [6.07, 6.45) is 1.97. The maximum absolute atomic E-state index is 12.9. The minimum Gasteiger partial charge on any atom is -0.480 e. The van der Waals surface area contributed by atoms with E-state index >= 15 is 0 Å². The molecule has 184 valence electrons. The van der Waals surface area contributed by atoms with Crippen LogP contribution in [0.25, 0.3) is 0 Å². The zero-order chi connectivity index (χ0) is 24.7. The van der Waals surface area contributed by atoms with Crippen LogP contribution >= 0.6 is 12.6 Å². The van der Waals surface area contributed by atoms with Gasteiger partial charge in [0.05, 0.1) is 6.04 Å². The molecule has 0 bridgehead atoms. The van der Waals surface area contributed by atoms with Crippen LogP contribution in [0.15, 0.2) is 0 Å². The number of unbranched alkanes of at least 4 members (excludes halogenated alkanes) is 1. The number of nitrogens with two attached hydrogens (primary N) is 3. The third kappa shape index (κ3) is 12.3. The highest BCUT2D eigenvalue weighted by Gasteiger charge is 2.28. The Hall–Kier alpha value is -2.58. The highest BCUT2D eigenvalue weighted by molar-refractivity contribution is 7.80. The average Bonchev–Trinajstić information content (AvgIpc) is 2.73. The van der Waals surface area contributed by atoms with Gasteiger partial charge in [0.25, 0.3) is 0 Å². The van der Waals surface area contributed by atoms with E-state index in [-0.39, 0.29) is 31.1 Å². The van der Waals surface area contributed by atoms with Crippen molar-refractivity contribution in [3.05, 3.63) is 0 Å². The van der Waals surface area contributed by atoms with Crippen LogP contribution in [0.1, 0.15) is 39.0 Å². The molecule has 32 heavy (non-hydrogen) atoms. The van der Waals surface area contributed by atoms with Crippen molar-refractivity contribution in [2.45, 2.75) is 63.2 Å². The normalized spacial score (nSPS) is 14.4. The lowest BCUT2D eigenvalue weighted by Crippen LogP contribution is -2.57. The van der Waals surface area contributed by atoms with Gasteiger partial charge in [0, 0.05) is 12.3 Å². The second-order valence-electron chi connectivity index (χ2n) is 7.25. The Morgan fingerprint density at radius 1 is 0.969 bits per heavy atom. The standard InChI is InChI=1S/C18H36N8O5S/c1-10(17(30)31)24-15(28)13(6-4-8-23-18(21)22)26-16(29)12(5-2-3-7-19)25-14(27)11(20)9-32/h10-13,32H,2-9,19-20H2,1H3,(H,24,28)(H,25,27)(H,26,29)(H,30,31)(H4,21,22,23)/t10-,11-,12-,13-/m0/s1. The molecule has 0 aliphatic rings. The zero-order valence-electron chi connectivity index (χ0n) is 18.2. The number of rotatable bonds is 16. The molecule has 0 aromatic rings. The number of hydrogen-bond donors (Lipinski definition) is 10. The molecule has 13 nitrogen and oxygen atoms in total. The van der Waals surface area contributed by atoms with Crippen molar-refractivity contribution in [3.63, 3.8) is 0 Å². The van der Waals surface area contributed by atoms with E-state index in [1.807, 2.05) is 0 Å². The molecule has 14 heteroatoms. The molecule has 4 atom stereocenters. The number of aliphatic carboxylic acids is 1. The second-order valence-corrected chi connectivity index (χ2v) is 7.61. The number of guanidine groups is 1. The topological polar surface area (TPSA) is 239 Å². The SMILES string of the molecule is C[C@H](NC(=O)[C@H](CCCNC(=N)N)NC(=O)[C@H](CCCCN)NC(=O)[C@@H](N)CS)C(=O)O. The van der Waals surface area contributed by atoms with Crippen LogP contribution in [-0.4, -0.2) is 77.8 Å². The van der Waals surface area contributed by atoms with Gasteiger partial charge in [-0.2, -0.15) is 12.6 Å². The molecule has 0 spiro atoms. The van der Waals surface area contributed by atoms with E-state index in [0.29, 0.717) is 25.8 Å². The first-order valence-electron chi connectivity index (χ1n) is 10.3. The zero-order valence-corrected chi connectivity index (χ0v) is 19.1. The summed E-state index contributed by atoms with van der Waals surface area (Å²) in [5.41, 5.74) is 16.4. The maximum Gasteiger partial charge on any atom is 0.325 e. The first-order chi connectivity index (χ1) is 15.0. The quantitative estimate of drug-likeness (QED) is 0.0478. The third-order valence-electron chi connectivity index (χ3n) is 4.46. The Labute approximate surface area is 192 Å². The van der Waals surface area contributed by atoms with Crippen LogP contribution in [0.5, 0.6) is 0 Å². The lowest BCUT2D eigenvalue weighted by Gasteiger charge is -2.24. The van der Waals surface area contributed by atoms with Crippen molar-refractivity contribution in [2.24, 2.45) is 17.2 Å². The highest BCUT2D eigenvalue weighted by Crippen LogP contribution is 2.05. The molecular weight excluding hydrogens is 440 g/mol. The molecule has 0 rings (SSSR count). The smallest absolute Gasteiger partial charge is 0.325 e. The fourth-order valence-corrected chi connectivity index (χ4v) is 2.74. The van der Waals surface area contributed by atoms with Crippen molar-refractivity contribution < 1.29 is 24.3 Å². The summed E-state index contributed by atoms with van der Waals surface area (Å²) in [6.45, 7) is 1.99. The number of nitrogens with one attached hydrogen (secondary N) is 5. The van der Waals surface area contributed by atoms with E-state index in [1.165, 1.54) is 6.92 Å². The van der Waals surface area contributed by atoms with Gasteiger partial charge >= 0.3 is 5.97 Å². The lowest BCUT2D eigenvalue weighted by molar-refractivity contribution is -0.141. The van der Waals surface area contributed by atoms with E-state index in [9.17, 15) is 19.2 Å². The first-order valence-corrected chi connectivity index (χ1v) is 10.9. The van der Waals surface area contributed by atoms with Crippen molar-refractivity contribution in [1.29, 1.82) is 5.41 Å². The number of amides is 3. The Bertz CT molecular complexity index is 651. The Morgan fingerprint density at radius 2 is 1.50 bits per heavy atom. The lowest BCUT2D eigenvalue weighted by atomic mass is 10.1. The number of carbonyl (C=O) groups is 4. The Balaban J connectivity index is 5.32. The average molecular weight is 477 g/mol. The molecular formula is C18H36N8O5S. The van der Waals surface area contributed by atoms with Crippen molar-refractivity contribution in [3.8, 4) is 0 Å². The summed E-state index contributed by atoms with van der Waals surface area (Å²) >= 11 is 3.97. The molecule has 0 saturated carbocycles. The van der Waals surface area contributed by atoms with Crippen LogP contribution < -0.4 is 38.5 Å². The second kappa shape index (κ2) is 16.1. The van der Waals surface area contributed by atoms with Crippen LogP contribution in [-0.2, 0) is 19.2 Å². The molecule has 3 amide bonds. The van der Waals surface area contributed by atoms with Gasteiger partial charge in [-0.1, -0.05) is 0 Å². The number of carboxylic acid groups (broad SMARTS) is 1. The van der Waals surface area contributed by atoms with Crippen LogP contribution in [0.3, 0.4) is 0 Å². The van der Waals surface area contributed by atoms with Gasteiger partial charge in [-0.25, -0.2) is 0 Å². The number of hydrogen-bond acceptors (Lipinski definition) is 8. The first kappa shape index (κ1) is 29.4. The fraction of sp³-hybridized carbons (Fsp3) is 0.722. The van der Waals surface area contributed by atoms with E-state index in [1.54, 1.807) is 0 Å². The third-order valence-corrected chi connectivity index (χ3v) is 4.85. The van der Waals surface area contributed by atoms with E-state index in [2.05, 4.69) is 33.9 Å². The van der Waals surface area contributed by atoms with Crippen LogP contribution in [0, 0.1) is 5.41 Å². The van der Waals surface area contributed by atoms with Crippen LogP contribution in [0.2, 0.25) is 0 Å². The van der Waals surface area contributed by atoms with Crippen molar-refractivity contribution >= 4 is 42.3 Å². The molecule has 0 radical (unpaired) electrons. The summed E-state index contributed by atoms with van der Waals surface area (Å²) < 4.78 is 0. The summed E-state index contributed by atoms with van der Waals surface area (Å²) in [5, 5.41) is 26.2. The van der Waals surface area contributed by atoms with Crippen molar-refractivity contribution in [1.82, 2.24) is 21.3 Å². The molecule has 0 aromatic heterocycles. The number of carboxylic acids is 1. The molecule has 0 heterocycles. The van der Waals surface area contributed by atoms with E-state index in [4.69, 9.17) is 27.7 Å². The van der Waals surface area contributed by atoms with Gasteiger partial charge in [0.1, 0.15) is 18.1 Å². The van der Waals surface area contributed by atoms with Gasteiger partial charge < -0.3 is 43.6 Å². The predicted molar refractivity (Wildman–Crippen MR) is 123 cm³/mol. The number of carbonyl (C=O) groups excluding carboxylic acids is 3. The summed E-state index contributed by atoms with van der Waals surface area (Å²) in [6, 6.07) is -4.09. The largest absolute Gasteiger partial charge is 0.480 e. The molecule has 0 fully saturated rings. The maximum atomic E-state index is 12.9. The predicted octanol–water partition coefficient (Wildman–Crippen LogP) is -2.81. The minimum atomic E-state index is -1.23. The van der Waals surface area contributed by atoms with Gasteiger partial charge in [-0.3, -0.25) is 24.6 Å². The van der Waals surface area contributed by atoms with Crippen molar-refractivity contribution in [2.75, 3.05) is 18.8 Å². The summed E-state index contributed by atoms with van der Waals surface area (Å²) in [7, 11) is 0. The van der Waals surface area contributed by atoms with Gasteiger partial charge in [-0.15, -0.1) is 0 Å². The Morgan fingerprint density at radius 3 is 2.00 bits per heavy atom. The Kier molecular flexibility index (Phi) is 14.8. The number of thiol groups is 1. The van der Waals surface area contributed by atoms with Gasteiger partial charge in [0.2, 0.25) is 17.7 Å². The molecule has 12 N–H and O–H groups in total. The van der Waals surface area contributed by atoms with Gasteiger partial charge in [0.15, 0.2) is 5.96 Å². The monoisotopic (exact) mass is 476 g/mol.